The van der Waals surface area contributed by atoms with Gasteiger partial charge in [-0.25, -0.2) is 4.39 Å². The smallest absolute Gasteiger partial charge is 0.254 e. The second-order valence-corrected chi connectivity index (χ2v) is 6.51. The minimum absolute atomic E-state index is 0.0987. The van der Waals surface area contributed by atoms with Crippen LogP contribution in [0.1, 0.15) is 41.3 Å². The molecule has 3 rings (SSSR count). The summed E-state index contributed by atoms with van der Waals surface area (Å²) in [5, 5.41) is 2.75. The summed E-state index contributed by atoms with van der Waals surface area (Å²) >= 11 is 0. The Labute approximate surface area is 146 Å². The van der Waals surface area contributed by atoms with Gasteiger partial charge in [0.2, 0.25) is 5.91 Å². The van der Waals surface area contributed by atoms with Crippen LogP contribution in [0.2, 0.25) is 0 Å². The fourth-order valence-electron chi connectivity index (χ4n) is 2.83. The van der Waals surface area contributed by atoms with E-state index in [0.717, 1.165) is 24.0 Å². The van der Waals surface area contributed by atoms with E-state index in [2.05, 4.69) is 5.32 Å². The predicted octanol–water partition coefficient (Wildman–Crippen LogP) is 3.90. The molecule has 0 atom stereocenters. The summed E-state index contributed by atoms with van der Waals surface area (Å²) in [4.78, 5) is 26.1. The lowest BCUT2D eigenvalue weighted by molar-refractivity contribution is -0.114. The molecule has 2 aromatic carbocycles. The van der Waals surface area contributed by atoms with Crippen LogP contribution in [-0.4, -0.2) is 22.8 Å². The highest BCUT2D eigenvalue weighted by Gasteiger charge is 2.33. The molecular formula is C20H21FN2O2. The third kappa shape index (κ3) is 4.24. The molecule has 25 heavy (non-hydrogen) atoms. The first-order valence-corrected chi connectivity index (χ1v) is 8.37. The topological polar surface area (TPSA) is 49.4 Å². The van der Waals surface area contributed by atoms with E-state index in [9.17, 15) is 14.0 Å². The number of hydrogen-bond donors (Lipinski definition) is 1. The van der Waals surface area contributed by atoms with Crippen molar-refractivity contribution in [3.05, 3.63) is 65.0 Å². The number of nitrogens with zero attached hydrogens (tertiary/aromatic N) is 1. The molecule has 1 saturated carbocycles. The Morgan fingerprint density at radius 2 is 1.96 bits per heavy atom. The molecule has 0 saturated heterocycles. The van der Waals surface area contributed by atoms with Crippen LogP contribution < -0.4 is 5.32 Å². The lowest BCUT2D eigenvalue weighted by atomic mass is 10.1. The fourth-order valence-corrected chi connectivity index (χ4v) is 2.83. The van der Waals surface area contributed by atoms with Gasteiger partial charge in [-0.2, -0.15) is 0 Å². The van der Waals surface area contributed by atoms with Crippen molar-refractivity contribution in [2.45, 2.75) is 39.3 Å². The molecule has 0 aliphatic heterocycles. The van der Waals surface area contributed by atoms with Gasteiger partial charge in [0.25, 0.3) is 5.91 Å². The zero-order chi connectivity index (χ0) is 18.0. The lowest BCUT2D eigenvalue weighted by Gasteiger charge is -2.23. The zero-order valence-corrected chi connectivity index (χ0v) is 14.4. The second kappa shape index (κ2) is 7.05. The SMILES string of the molecule is CC(=O)Nc1cc(C(=O)N(Cc2cccc(F)c2)C2CC2)ccc1C. The number of benzene rings is 2. The van der Waals surface area contributed by atoms with E-state index in [1.54, 1.807) is 23.1 Å². The molecule has 2 amide bonds. The van der Waals surface area contributed by atoms with Crippen molar-refractivity contribution in [2.75, 3.05) is 5.32 Å². The Morgan fingerprint density at radius 1 is 1.20 bits per heavy atom. The van der Waals surface area contributed by atoms with Crippen LogP contribution in [0, 0.1) is 12.7 Å². The van der Waals surface area contributed by atoms with Gasteiger partial charge in [0.1, 0.15) is 5.82 Å². The maximum atomic E-state index is 13.4. The van der Waals surface area contributed by atoms with Crippen molar-refractivity contribution in [3.8, 4) is 0 Å². The van der Waals surface area contributed by atoms with E-state index in [4.69, 9.17) is 0 Å². The Hall–Kier alpha value is -2.69. The molecule has 1 fully saturated rings. The Kier molecular flexibility index (Phi) is 4.83. The van der Waals surface area contributed by atoms with Crippen molar-refractivity contribution in [3.63, 3.8) is 0 Å². The predicted molar refractivity (Wildman–Crippen MR) is 94.8 cm³/mol. The summed E-state index contributed by atoms with van der Waals surface area (Å²) in [5.74, 6) is -0.575. The molecule has 1 aliphatic rings. The number of amides is 2. The normalized spacial score (nSPS) is 13.4. The first kappa shape index (κ1) is 17.1. The van der Waals surface area contributed by atoms with Crippen LogP contribution in [0.3, 0.4) is 0 Å². The number of nitrogens with one attached hydrogen (secondary N) is 1. The average molecular weight is 340 g/mol. The Balaban J connectivity index is 1.85. The number of carbonyl (C=O) groups excluding carboxylic acids is 2. The van der Waals surface area contributed by atoms with E-state index in [1.807, 2.05) is 19.1 Å². The van der Waals surface area contributed by atoms with E-state index in [0.29, 0.717) is 17.8 Å². The number of anilines is 1. The van der Waals surface area contributed by atoms with Crippen molar-refractivity contribution in [1.82, 2.24) is 4.90 Å². The number of rotatable bonds is 5. The quantitative estimate of drug-likeness (QED) is 0.897. The highest BCUT2D eigenvalue weighted by molar-refractivity contribution is 5.97. The third-order valence-electron chi connectivity index (χ3n) is 4.29. The summed E-state index contributed by atoms with van der Waals surface area (Å²) < 4.78 is 13.4. The summed E-state index contributed by atoms with van der Waals surface area (Å²) in [7, 11) is 0. The van der Waals surface area contributed by atoms with Crippen molar-refractivity contribution >= 4 is 17.5 Å². The molecule has 0 spiro atoms. The molecule has 130 valence electrons. The largest absolute Gasteiger partial charge is 0.331 e. The lowest BCUT2D eigenvalue weighted by Crippen LogP contribution is -2.32. The van der Waals surface area contributed by atoms with E-state index in [1.165, 1.54) is 19.1 Å². The maximum Gasteiger partial charge on any atom is 0.254 e. The second-order valence-electron chi connectivity index (χ2n) is 6.51. The highest BCUT2D eigenvalue weighted by atomic mass is 19.1. The number of halogens is 1. The summed E-state index contributed by atoms with van der Waals surface area (Å²) in [6.07, 6.45) is 1.93. The molecule has 2 aromatic rings. The molecule has 0 unspecified atom stereocenters. The maximum absolute atomic E-state index is 13.4. The van der Waals surface area contributed by atoms with E-state index in [-0.39, 0.29) is 23.7 Å². The van der Waals surface area contributed by atoms with Crippen molar-refractivity contribution < 1.29 is 14.0 Å². The highest BCUT2D eigenvalue weighted by Crippen LogP contribution is 2.30. The first-order valence-electron chi connectivity index (χ1n) is 8.37. The minimum Gasteiger partial charge on any atom is -0.331 e. The van der Waals surface area contributed by atoms with Crippen LogP contribution in [-0.2, 0) is 11.3 Å². The summed E-state index contributed by atoms with van der Waals surface area (Å²) in [6, 6.07) is 11.8. The number of hydrogen-bond acceptors (Lipinski definition) is 2. The molecule has 0 aromatic heterocycles. The van der Waals surface area contributed by atoms with Gasteiger partial charge in [0.15, 0.2) is 0 Å². The first-order chi connectivity index (χ1) is 11.9. The Bertz CT molecular complexity index is 815. The standard InChI is InChI=1S/C20H21FN2O2/c1-13-6-7-16(11-19(13)22-14(2)24)20(25)23(18-8-9-18)12-15-4-3-5-17(21)10-15/h3-7,10-11,18H,8-9,12H2,1-2H3,(H,22,24). The van der Waals surface area contributed by atoms with Crippen molar-refractivity contribution in [2.24, 2.45) is 0 Å². The van der Waals surface area contributed by atoms with Gasteiger partial charge in [0.05, 0.1) is 0 Å². The van der Waals surface area contributed by atoms with Crippen LogP contribution in [0.4, 0.5) is 10.1 Å². The average Bonchev–Trinajstić information content (AvgIpc) is 3.38. The molecule has 1 N–H and O–H groups in total. The van der Waals surface area contributed by atoms with Crippen LogP contribution in [0.25, 0.3) is 0 Å². The van der Waals surface area contributed by atoms with Gasteiger partial charge in [-0.15, -0.1) is 0 Å². The molecule has 5 heteroatoms. The fraction of sp³-hybridized carbons (Fsp3) is 0.300. The molecule has 0 radical (unpaired) electrons. The Morgan fingerprint density at radius 3 is 2.60 bits per heavy atom. The van der Waals surface area contributed by atoms with Crippen LogP contribution >= 0.6 is 0 Å². The van der Waals surface area contributed by atoms with Gasteiger partial charge in [-0.1, -0.05) is 18.2 Å². The summed E-state index contributed by atoms with van der Waals surface area (Å²) in [6.45, 7) is 3.70. The van der Waals surface area contributed by atoms with Gasteiger partial charge in [0, 0.05) is 30.8 Å². The molecule has 1 aliphatic carbocycles. The van der Waals surface area contributed by atoms with Crippen LogP contribution in [0.5, 0.6) is 0 Å². The van der Waals surface area contributed by atoms with Crippen molar-refractivity contribution in [1.29, 1.82) is 0 Å². The number of aryl methyl sites for hydroxylation is 1. The van der Waals surface area contributed by atoms with Gasteiger partial charge >= 0.3 is 0 Å². The third-order valence-corrected chi connectivity index (χ3v) is 4.29. The molecule has 4 nitrogen and oxygen atoms in total. The number of carbonyl (C=O) groups is 2. The molecule has 0 heterocycles. The summed E-state index contributed by atoms with van der Waals surface area (Å²) in [5.41, 5.74) is 2.84. The van der Waals surface area contributed by atoms with Gasteiger partial charge in [-0.05, 0) is 55.2 Å². The van der Waals surface area contributed by atoms with Gasteiger partial charge < -0.3 is 10.2 Å². The zero-order valence-electron chi connectivity index (χ0n) is 14.4. The van der Waals surface area contributed by atoms with E-state index >= 15 is 0 Å². The molecule has 0 bridgehead atoms. The minimum atomic E-state index is -0.302. The monoisotopic (exact) mass is 340 g/mol. The van der Waals surface area contributed by atoms with Gasteiger partial charge in [-0.3, -0.25) is 9.59 Å². The van der Waals surface area contributed by atoms with E-state index < -0.39 is 0 Å². The van der Waals surface area contributed by atoms with Crippen LogP contribution in [0.15, 0.2) is 42.5 Å². The molecular weight excluding hydrogens is 319 g/mol.